The Hall–Kier alpha value is -1.95. The summed E-state index contributed by atoms with van der Waals surface area (Å²) in [7, 11) is 0. The Kier molecular flexibility index (Phi) is 3.29. The van der Waals surface area contributed by atoms with Crippen molar-refractivity contribution in [3.8, 4) is 0 Å². The van der Waals surface area contributed by atoms with Crippen LogP contribution in [0.1, 0.15) is 24.5 Å². The number of benzene rings is 1. The molecule has 1 aliphatic heterocycles. The maximum atomic E-state index is 11.3. The largest absolute Gasteiger partial charge is 0.368 e. The number of nitrogens with two attached hydrogens (primary N) is 1. The fraction of sp³-hybridized carbons (Fsp3) is 0.417. The highest BCUT2D eigenvalue weighted by molar-refractivity contribution is 5.79. The predicted octanol–water partition coefficient (Wildman–Crippen LogP) is 1.17. The number of hydrogen-bond donors (Lipinski definition) is 1. The lowest BCUT2D eigenvalue weighted by molar-refractivity contribution is -0.384. The minimum Gasteiger partial charge on any atom is -0.368 e. The molecular weight excluding hydrogens is 234 g/mol. The third kappa shape index (κ3) is 2.19. The number of amides is 1. The number of rotatable bonds is 4. The van der Waals surface area contributed by atoms with Gasteiger partial charge in [0.25, 0.3) is 5.69 Å². The van der Waals surface area contributed by atoms with Gasteiger partial charge in [0.2, 0.25) is 5.91 Å². The second-order valence-electron chi connectivity index (χ2n) is 4.44. The molecule has 0 spiro atoms. The zero-order chi connectivity index (χ0) is 13.3. The number of nitro groups is 1. The molecule has 0 aliphatic carbocycles. The van der Waals surface area contributed by atoms with Crippen molar-refractivity contribution < 1.29 is 9.72 Å². The Morgan fingerprint density at radius 3 is 2.72 bits per heavy atom. The second kappa shape index (κ2) is 4.73. The van der Waals surface area contributed by atoms with Crippen LogP contribution < -0.4 is 5.73 Å². The molecule has 1 aliphatic rings. The molecule has 0 fully saturated rings. The van der Waals surface area contributed by atoms with Crippen LogP contribution in [0, 0.1) is 10.1 Å². The van der Waals surface area contributed by atoms with Crippen LogP contribution in [-0.4, -0.2) is 21.8 Å². The van der Waals surface area contributed by atoms with Crippen LogP contribution in [0.25, 0.3) is 0 Å². The summed E-state index contributed by atoms with van der Waals surface area (Å²) in [6.07, 6.45) is 0.644. The smallest absolute Gasteiger partial charge is 0.269 e. The number of carbonyl (C=O) groups is 1. The van der Waals surface area contributed by atoms with Crippen LogP contribution in [0.4, 0.5) is 5.69 Å². The lowest BCUT2D eigenvalue weighted by Gasteiger charge is -2.23. The van der Waals surface area contributed by atoms with Crippen molar-refractivity contribution in [2.45, 2.75) is 32.5 Å². The molecule has 18 heavy (non-hydrogen) atoms. The van der Waals surface area contributed by atoms with E-state index in [9.17, 15) is 14.9 Å². The van der Waals surface area contributed by atoms with Crippen LogP contribution in [0.2, 0.25) is 0 Å². The SMILES string of the molecule is CCC(C(N)=O)N1Cc2ccc([N+](=O)[O-])cc2C1. The Balaban J connectivity index is 2.22. The van der Waals surface area contributed by atoms with Crippen molar-refractivity contribution in [3.63, 3.8) is 0 Å². The number of nitrogens with zero attached hydrogens (tertiary/aromatic N) is 2. The second-order valence-corrected chi connectivity index (χ2v) is 4.44. The zero-order valence-corrected chi connectivity index (χ0v) is 10.1. The van der Waals surface area contributed by atoms with Gasteiger partial charge in [-0.1, -0.05) is 13.0 Å². The number of nitro benzene ring substituents is 1. The van der Waals surface area contributed by atoms with Gasteiger partial charge in [0.1, 0.15) is 0 Å². The first-order valence-electron chi connectivity index (χ1n) is 5.82. The fourth-order valence-electron chi connectivity index (χ4n) is 2.38. The molecule has 6 heteroatoms. The highest BCUT2D eigenvalue weighted by atomic mass is 16.6. The molecule has 1 aromatic carbocycles. The van der Waals surface area contributed by atoms with Crippen LogP contribution >= 0.6 is 0 Å². The fourth-order valence-corrected chi connectivity index (χ4v) is 2.38. The van der Waals surface area contributed by atoms with Crippen LogP contribution in [0.3, 0.4) is 0 Å². The van der Waals surface area contributed by atoms with E-state index in [1.807, 2.05) is 11.8 Å². The van der Waals surface area contributed by atoms with E-state index in [1.165, 1.54) is 6.07 Å². The van der Waals surface area contributed by atoms with E-state index in [0.717, 1.165) is 11.1 Å². The first kappa shape index (κ1) is 12.5. The molecule has 0 saturated carbocycles. The summed E-state index contributed by atoms with van der Waals surface area (Å²) in [5, 5.41) is 10.7. The highest BCUT2D eigenvalue weighted by Gasteiger charge is 2.29. The molecule has 0 saturated heterocycles. The average Bonchev–Trinajstić information content (AvgIpc) is 2.71. The Bertz CT molecular complexity index is 501. The normalized spacial score (nSPS) is 16.3. The predicted molar refractivity (Wildman–Crippen MR) is 65.6 cm³/mol. The topological polar surface area (TPSA) is 89.5 Å². The summed E-state index contributed by atoms with van der Waals surface area (Å²) in [4.78, 5) is 23.6. The molecule has 1 amide bonds. The van der Waals surface area contributed by atoms with Crippen LogP contribution in [0.15, 0.2) is 18.2 Å². The third-order valence-electron chi connectivity index (χ3n) is 3.30. The molecule has 1 aromatic rings. The molecular formula is C12H15N3O3. The molecule has 96 valence electrons. The van der Waals surface area contributed by atoms with E-state index < -0.39 is 4.92 Å². The van der Waals surface area contributed by atoms with E-state index in [2.05, 4.69) is 0 Å². The van der Waals surface area contributed by atoms with E-state index in [0.29, 0.717) is 19.5 Å². The lowest BCUT2D eigenvalue weighted by Crippen LogP contribution is -2.41. The number of hydrogen-bond acceptors (Lipinski definition) is 4. The molecule has 1 heterocycles. The van der Waals surface area contributed by atoms with Gasteiger partial charge < -0.3 is 5.73 Å². The van der Waals surface area contributed by atoms with E-state index in [-0.39, 0.29) is 17.6 Å². The van der Waals surface area contributed by atoms with Crippen molar-refractivity contribution in [2.24, 2.45) is 5.73 Å². The molecule has 1 unspecified atom stereocenters. The van der Waals surface area contributed by atoms with Gasteiger partial charge in [-0.05, 0) is 17.5 Å². The third-order valence-corrected chi connectivity index (χ3v) is 3.30. The van der Waals surface area contributed by atoms with Crippen LogP contribution in [0.5, 0.6) is 0 Å². The summed E-state index contributed by atoms with van der Waals surface area (Å²) >= 11 is 0. The number of primary amides is 1. The van der Waals surface area contributed by atoms with Gasteiger partial charge >= 0.3 is 0 Å². The quantitative estimate of drug-likeness (QED) is 0.640. The number of non-ortho nitro benzene ring substituents is 1. The summed E-state index contributed by atoms with van der Waals surface area (Å²) in [6, 6.07) is 4.51. The number of carbonyl (C=O) groups excluding carboxylic acids is 1. The van der Waals surface area contributed by atoms with E-state index in [4.69, 9.17) is 5.73 Å². The maximum Gasteiger partial charge on any atom is 0.269 e. The van der Waals surface area contributed by atoms with Gasteiger partial charge in [0.05, 0.1) is 11.0 Å². The average molecular weight is 249 g/mol. The minimum absolute atomic E-state index is 0.0859. The van der Waals surface area contributed by atoms with E-state index >= 15 is 0 Å². The van der Waals surface area contributed by atoms with Crippen molar-refractivity contribution in [3.05, 3.63) is 39.4 Å². The first-order chi connectivity index (χ1) is 8.52. The minimum atomic E-state index is -0.408. The molecule has 6 nitrogen and oxygen atoms in total. The molecule has 2 N–H and O–H groups in total. The highest BCUT2D eigenvalue weighted by Crippen LogP contribution is 2.28. The van der Waals surface area contributed by atoms with Gasteiger partial charge in [0, 0.05) is 25.2 Å². The Morgan fingerprint density at radius 2 is 2.17 bits per heavy atom. The van der Waals surface area contributed by atoms with Gasteiger partial charge in [-0.2, -0.15) is 0 Å². The van der Waals surface area contributed by atoms with Crippen molar-refractivity contribution in [1.29, 1.82) is 0 Å². The van der Waals surface area contributed by atoms with Crippen molar-refractivity contribution in [1.82, 2.24) is 4.90 Å². The maximum absolute atomic E-state index is 11.3. The first-order valence-corrected chi connectivity index (χ1v) is 5.82. The van der Waals surface area contributed by atoms with E-state index in [1.54, 1.807) is 12.1 Å². The van der Waals surface area contributed by atoms with Crippen molar-refractivity contribution >= 4 is 11.6 Å². The zero-order valence-electron chi connectivity index (χ0n) is 10.1. The van der Waals surface area contributed by atoms with Gasteiger partial charge in [-0.25, -0.2) is 0 Å². The van der Waals surface area contributed by atoms with Crippen molar-refractivity contribution in [2.75, 3.05) is 0 Å². The Labute approximate surface area is 105 Å². The summed E-state index contributed by atoms with van der Waals surface area (Å²) in [5.41, 5.74) is 7.37. The number of fused-ring (bicyclic) bond motifs is 1. The molecule has 0 aromatic heterocycles. The summed E-state index contributed by atoms with van der Waals surface area (Å²) in [6.45, 7) is 3.06. The molecule has 2 rings (SSSR count). The standard InChI is InChI=1S/C12H15N3O3/c1-2-11(12(13)16)14-6-8-3-4-10(15(17)18)5-9(8)7-14/h3-5,11H,2,6-7H2,1H3,(H2,13,16). The lowest BCUT2D eigenvalue weighted by atomic mass is 10.1. The molecule has 1 atom stereocenters. The molecule has 0 bridgehead atoms. The summed E-state index contributed by atoms with van der Waals surface area (Å²) < 4.78 is 0. The summed E-state index contributed by atoms with van der Waals surface area (Å²) in [5.74, 6) is -0.347. The Morgan fingerprint density at radius 1 is 1.50 bits per heavy atom. The molecule has 0 radical (unpaired) electrons. The van der Waals surface area contributed by atoms with Gasteiger partial charge in [0.15, 0.2) is 0 Å². The van der Waals surface area contributed by atoms with Gasteiger partial charge in [-0.15, -0.1) is 0 Å². The van der Waals surface area contributed by atoms with Gasteiger partial charge in [-0.3, -0.25) is 19.8 Å². The monoisotopic (exact) mass is 249 g/mol. The van der Waals surface area contributed by atoms with Crippen LogP contribution in [-0.2, 0) is 17.9 Å².